The number of nitrogens with one attached hydrogen (secondary N) is 1. The van der Waals surface area contributed by atoms with Crippen molar-refractivity contribution in [2.75, 3.05) is 13.7 Å². The molecule has 0 aliphatic rings. The molecule has 1 atom stereocenters. The Balaban J connectivity index is 2.25. The number of amides is 1. The molecule has 1 N–H and O–H groups in total. The number of hydrogen-bond acceptors (Lipinski definition) is 4. The number of ether oxygens (including phenoxy) is 2. The summed E-state index contributed by atoms with van der Waals surface area (Å²) >= 11 is 0. The SMILES string of the molecule is C=CCNC(=O)[C@@H](C)OC(=O)c1ccc(OC)c2ccccc12. The molecule has 2 rings (SSSR count). The minimum Gasteiger partial charge on any atom is -0.496 e. The number of methoxy groups -OCH3 is 1. The van der Waals surface area contributed by atoms with Crippen LogP contribution in [0.5, 0.6) is 5.75 Å². The standard InChI is InChI=1S/C18H19NO4/c1-4-11-19-17(20)12(2)23-18(21)15-9-10-16(22-3)14-8-6-5-7-13(14)15/h4-10,12H,1,11H2,2-3H3,(H,19,20)/t12-/m1/s1. The number of carbonyl (C=O) groups is 2. The van der Waals surface area contributed by atoms with Crippen molar-refractivity contribution in [1.29, 1.82) is 0 Å². The molecule has 0 saturated carbocycles. The van der Waals surface area contributed by atoms with Crippen molar-refractivity contribution in [2.24, 2.45) is 0 Å². The molecule has 5 nitrogen and oxygen atoms in total. The minimum atomic E-state index is -0.886. The van der Waals surface area contributed by atoms with Crippen LogP contribution in [-0.2, 0) is 9.53 Å². The second-order valence-electron chi connectivity index (χ2n) is 4.94. The van der Waals surface area contributed by atoms with Crippen molar-refractivity contribution in [3.05, 3.63) is 54.6 Å². The molecular weight excluding hydrogens is 294 g/mol. The second-order valence-corrected chi connectivity index (χ2v) is 4.94. The van der Waals surface area contributed by atoms with E-state index in [9.17, 15) is 9.59 Å². The largest absolute Gasteiger partial charge is 0.496 e. The Hall–Kier alpha value is -2.82. The summed E-state index contributed by atoms with van der Waals surface area (Å²) in [7, 11) is 1.58. The first-order valence-electron chi connectivity index (χ1n) is 7.23. The predicted octanol–water partition coefficient (Wildman–Crippen LogP) is 2.70. The molecule has 0 bridgehead atoms. The summed E-state index contributed by atoms with van der Waals surface area (Å²) in [5, 5.41) is 4.12. The number of fused-ring (bicyclic) bond motifs is 1. The van der Waals surface area contributed by atoms with Gasteiger partial charge in [0.2, 0.25) is 0 Å². The van der Waals surface area contributed by atoms with E-state index in [1.807, 2.05) is 24.3 Å². The summed E-state index contributed by atoms with van der Waals surface area (Å²) in [5.74, 6) is -0.241. The number of benzene rings is 2. The number of hydrogen-bond donors (Lipinski definition) is 1. The normalized spacial score (nSPS) is 11.6. The van der Waals surface area contributed by atoms with Crippen molar-refractivity contribution in [3.8, 4) is 5.75 Å². The zero-order valence-corrected chi connectivity index (χ0v) is 13.2. The van der Waals surface area contributed by atoms with Crippen LogP contribution < -0.4 is 10.1 Å². The maximum absolute atomic E-state index is 12.4. The van der Waals surface area contributed by atoms with Crippen LogP contribution in [0.25, 0.3) is 10.8 Å². The van der Waals surface area contributed by atoms with E-state index in [1.165, 1.54) is 6.92 Å². The lowest BCUT2D eigenvalue weighted by Crippen LogP contribution is -2.35. The lowest BCUT2D eigenvalue weighted by Gasteiger charge is -2.14. The molecule has 2 aromatic rings. The van der Waals surface area contributed by atoms with Gasteiger partial charge in [0, 0.05) is 11.9 Å². The maximum Gasteiger partial charge on any atom is 0.339 e. The fourth-order valence-corrected chi connectivity index (χ4v) is 2.22. The third kappa shape index (κ3) is 3.69. The quantitative estimate of drug-likeness (QED) is 0.658. The van der Waals surface area contributed by atoms with Gasteiger partial charge in [-0.05, 0) is 24.4 Å². The van der Waals surface area contributed by atoms with E-state index in [1.54, 1.807) is 25.3 Å². The van der Waals surface area contributed by atoms with Crippen molar-refractivity contribution in [3.63, 3.8) is 0 Å². The van der Waals surface area contributed by atoms with E-state index in [-0.39, 0.29) is 5.91 Å². The van der Waals surface area contributed by atoms with Gasteiger partial charge in [-0.1, -0.05) is 30.3 Å². The molecule has 0 fully saturated rings. The molecule has 0 heterocycles. The van der Waals surface area contributed by atoms with Crippen LogP contribution in [0.1, 0.15) is 17.3 Å². The monoisotopic (exact) mass is 313 g/mol. The molecule has 0 spiro atoms. The molecule has 0 saturated heterocycles. The van der Waals surface area contributed by atoms with E-state index in [0.717, 1.165) is 10.8 Å². The third-order valence-corrected chi connectivity index (χ3v) is 3.40. The van der Waals surface area contributed by atoms with Gasteiger partial charge in [0.25, 0.3) is 5.91 Å². The molecule has 0 aliphatic heterocycles. The average Bonchev–Trinajstić information content (AvgIpc) is 2.58. The van der Waals surface area contributed by atoms with E-state index >= 15 is 0 Å². The molecular formula is C18H19NO4. The zero-order valence-electron chi connectivity index (χ0n) is 13.2. The lowest BCUT2D eigenvalue weighted by atomic mass is 10.0. The number of carbonyl (C=O) groups excluding carboxylic acids is 2. The van der Waals surface area contributed by atoms with Crippen LogP contribution in [0.15, 0.2) is 49.1 Å². The van der Waals surface area contributed by atoms with Crippen LogP contribution in [-0.4, -0.2) is 31.6 Å². The summed E-state index contributed by atoms with van der Waals surface area (Å²) in [4.78, 5) is 24.2. The Morgan fingerprint density at radius 2 is 1.91 bits per heavy atom. The summed E-state index contributed by atoms with van der Waals surface area (Å²) in [6.45, 7) is 5.37. The van der Waals surface area contributed by atoms with E-state index in [2.05, 4.69) is 11.9 Å². The first-order valence-corrected chi connectivity index (χ1v) is 7.23. The van der Waals surface area contributed by atoms with Gasteiger partial charge in [-0.3, -0.25) is 4.79 Å². The molecule has 1 amide bonds. The molecule has 0 aliphatic carbocycles. The van der Waals surface area contributed by atoms with Crippen LogP contribution in [0.3, 0.4) is 0 Å². The minimum absolute atomic E-state index is 0.326. The molecule has 0 aromatic heterocycles. The molecule has 120 valence electrons. The molecule has 0 radical (unpaired) electrons. The van der Waals surface area contributed by atoms with Gasteiger partial charge in [0.15, 0.2) is 6.10 Å². The van der Waals surface area contributed by atoms with Gasteiger partial charge in [0.05, 0.1) is 12.7 Å². The Morgan fingerprint density at radius 3 is 2.57 bits per heavy atom. The first kappa shape index (κ1) is 16.5. The van der Waals surface area contributed by atoms with Crippen molar-refractivity contribution in [2.45, 2.75) is 13.0 Å². The second kappa shape index (κ2) is 7.45. The Morgan fingerprint density at radius 1 is 1.22 bits per heavy atom. The van der Waals surface area contributed by atoms with Gasteiger partial charge in [-0.25, -0.2) is 4.79 Å². The van der Waals surface area contributed by atoms with E-state index in [0.29, 0.717) is 17.9 Å². The molecule has 2 aromatic carbocycles. The van der Waals surface area contributed by atoms with Crippen LogP contribution in [0.4, 0.5) is 0 Å². The molecule has 5 heteroatoms. The third-order valence-electron chi connectivity index (χ3n) is 3.40. The van der Waals surface area contributed by atoms with Crippen LogP contribution >= 0.6 is 0 Å². The number of rotatable bonds is 6. The van der Waals surface area contributed by atoms with Crippen molar-refractivity contribution in [1.82, 2.24) is 5.32 Å². The van der Waals surface area contributed by atoms with Crippen molar-refractivity contribution < 1.29 is 19.1 Å². The van der Waals surface area contributed by atoms with Gasteiger partial charge >= 0.3 is 5.97 Å². The average molecular weight is 313 g/mol. The highest BCUT2D eigenvalue weighted by Crippen LogP contribution is 2.28. The molecule has 0 unspecified atom stereocenters. The topological polar surface area (TPSA) is 64.6 Å². The van der Waals surface area contributed by atoms with Gasteiger partial charge in [0.1, 0.15) is 5.75 Å². The van der Waals surface area contributed by atoms with E-state index in [4.69, 9.17) is 9.47 Å². The van der Waals surface area contributed by atoms with Gasteiger partial charge < -0.3 is 14.8 Å². The first-order chi connectivity index (χ1) is 11.1. The smallest absolute Gasteiger partial charge is 0.339 e. The maximum atomic E-state index is 12.4. The zero-order chi connectivity index (χ0) is 16.8. The Kier molecular flexibility index (Phi) is 5.36. The lowest BCUT2D eigenvalue weighted by molar-refractivity contribution is -0.128. The molecule has 23 heavy (non-hydrogen) atoms. The van der Waals surface area contributed by atoms with Crippen LogP contribution in [0, 0.1) is 0 Å². The summed E-state index contributed by atoms with van der Waals surface area (Å²) in [6, 6.07) is 10.7. The Labute approximate surface area is 134 Å². The summed E-state index contributed by atoms with van der Waals surface area (Å²) in [6.07, 6.45) is 0.673. The highest BCUT2D eigenvalue weighted by atomic mass is 16.5. The highest BCUT2D eigenvalue weighted by molar-refractivity contribution is 6.06. The summed E-state index contributed by atoms with van der Waals surface area (Å²) < 4.78 is 10.6. The van der Waals surface area contributed by atoms with E-state index < -0.39 is 12.1 Å². The highest BCUT2D eigenvalue weighted by Gasteiger charge is 2.20. The predicted molar refractivity (Wildman–Crippen MR) is 88.6 cm³/mol. The summed E-state index contributed by atoms with van der Waals surface area (Å²) in [5.41, 5.74) is 0.393. The fourth-order valence-electron chi connectivity index (χ4n) is 2.22. The number of esters is 1. The Bertz CT molecular complexity index is 739. The van der Waals surface area contributed by atoms with Crippen molar-refractivity contribution >= 4 is 22.6 Å². The van der Waals surface area contributed by atoms with Crippen LogP contribution in [0.2, 0.25) is 0 Å². The van der Waals surface area contributed by atoms with Gasteiger partial charge in [-0.2, -0.15) is 0 Å². The fraction of sp³-hybridized carbons (Fsp3) is 0.222. The van der Waals surface area contributed by atoms with Gasteiger partial charge in [-0.15, -0.1) is 6.58 Å².